The Hall–Kier alpha value is -2.04. The van der Waals surface area contributed by atoms with Crippen LogP contribution in [0.25, 0.3) is 0 Å². The van der Waals surface area contributed by atoms with Crippen LogP contribution in [0.2, 0.25) is 10.0 Å². The van der Waals surface area contributed by atoms with Gasteiger partial charge in [-0.1, -0.05) is 66.7 Å². The zero-order valence-corrected chi connectivity index (χ0v) is 19.6. The fourth-order valence-electron chi connectivity index (χ4n) is 5.79. The van der Waals surface area contributed by atoms with E-state index in [9.17, 15) is 14.7 Å². The number of likely N-dealkylation sites (tertiary alicyclic amines) is 1. The van der Waals surface area contributed by atoms with E-state index in [4.69, 9.17) is 23.2 Å². The van der Waals surface area contributed by atoms with Crippen LogP contribution in [-0.2, 0) is 9.59 Å². The smallest absolute Gasteiger partial charge is 0.323 e. The van der Waals surface area contributed by atoms with Crippen molar-refractivity contribution in [1.29, 1.82) is 0 Å². The number of hydrogen-bond donors (Lipinski definition) is 1. The van der Waals surface area contributed by atoms with E-state index in [1.54, 1.807) is 4.90 Å². The van der Waals surface area contributed by atoms with Crippen molar-refractivity contribution in [3.05, 3.63) is 69.7 Å². The van der Waals surface area contributed by atoms with E-state index in [0.29, 0.717) is 28.8 Å². The second-order valence-corrected chi connectivity index (χ2v) is 9.95. The molecule has 32 heavy (non-hydrogen) atoms. The largest absolute Gasteiger partial charge is 0.480 e. The summed E-state index contributed by atoms with van der Waals surface area (Å²) in [6.07, 6.45) is 6.76. The van der Waals surface area contributed by atoms with E-state index < -0.39 is 5.97 Å². The molecule has 1 aliphatic heterocycles. The molecule has 0 spiro atoms. The minimum Gasteiger partial charge on any atom is -0.480 e. The van der Waals surface area contributed by atoms with E-state index in [2.05, 4.69) is 18.2 Å². The fraction of sp³-hybridized carbons (Fsp3) is 0.462. The summed E-state index contributed by atoms with van der Waals surface area (Å²) in [6.45, 7) is -0.280. The zero-order chi connectivity index (χ0) is 22.7. The molecule has 4 nitrogen and oxygen atoms in total. The number of carbonyl (C=O) groups is 2. The van der Waals surface area contributed by atoms with Gasteiger partial charge in [-0.05, 0) is 60.6 Å². The molecule has 1 N–H and O–H groups in total. The first-order valence-electron chi connectivity index (χ1n) is 11.5. The summed E-state index contributed by atoms with van der Waals surface area (Å²) in [5, 5.41) is 11.0. The lowest BCUT2D eigenvalue weighted by atomic mass is 9.67. The summed E-state index contributed by atoms with van der Waals surface area (Å²) in [5.41, 5.74) is 2.20. The Balaban J connectivity index is 1.84. The van der Waals surface area contributed by atoms with Gasteiger partial charge in [-0.15, -0.1) is 0 Å². The molecule has 2 aromatic rings. The van der Waals surface area contributed by atoms with Crippen LogP contribution in [0.4, 0.5) is 0 Å². The van der Waals surface area contributed by atoms with Crippen molar-refractivity contribution >= 4 is 35.1 Å². The highest BCUT2D eigenvalue weighted by molar-refractivity contribution is 6.30. The van der Waals surface area contributed by atoms with Gasteiger partial charge in [0, 0.05) is 34.3 Å². The fourth-order valence-corrected chi connectivity index (χ4v) is 6.11. The second-order valence-electron chi connectivity index (χ2n) is 9.08. The van der Waals surface area contributed by atoms with Gasteiger partial charge < -0.3 is 10.0 Å². The molecule has 0 bridgehead atoms. The number of carbonyl (C=O) groups excluding carboxylic acids is 1. The van der Waals surface area contributed by atoms with Gasteiger partial charge in [0.05, 0.1) is 0 Å². The van der Waals surface area contributed by atoms with Crippen LogP contribution in [0.3, 0.4) is 0 Å². The van der Waals surface area contributed by atoms with Gasteiger partial charge in [0.25, 0.3) is 0 Å². The molecule has 1 unspecified atom stereocenters. The first kappa shape index (κ1) is 23.1. The molecular formula is C26H29Cl2NO3. The minimum absolute atomic E-state index is 0.0216. The lowest BCUT2D eigenvalue weighted by Gasteiger charge is -2.48. The number of benzene rings is 2. The number of halogens is 2. The third-order valence-electron chi connectivity index (χ3n) is 7.12. The summed E-state index contributed by atoms with van der Waals surface area (Å²) in [5.74, 6) is -0.605. The summed E-state index contributed by atoms with van der Waals surface area (Å²) in [4.78, 5) is 26.5. The van der Waals surface area contributed by atoms with Gasteiger partial charge in [-0.25, -0.2) is 0 Å². The van der Waals surface area contributed by atoms with Crippen molar-refractivity contribution in [3.8, 4) is 0 Å². The highest BCUT2D eigenvalue weighted by Gasteiger charge is 2.45. The molecule has 1 saturated heterocycles. The van der Waals surface area contributed by atoms with Crippen molar-refractivity contribution in [1.82, 2.24) is 4.90 Å². The molecule has 170 valence electrons. The topological polar surface area (TPSA) is 57.6 Å². The minimum atomic E-state index is -0.978. The number of carboxylic acid groups (broad SMARTS) is 1. The molecule has 2 fully saturated rings. The van der Waals surface area contributed by atoms with Gasteiger partial charge in [0.2, 0.25) is 5.91 Å². The molecule has 1 heterocycles. The monoisotopic (exact) mass is 473 g/mol. The molecule has 3 atom stereocenters. The van der Waals surface area contributed by atoms with E-state index in [-0.39, 0.29) is 30.3 Å². The maximum absolute atomic E-state index is 13.1. The molecule has 2 aliphatic rings. The quantitative estimate of drug-likeness (QED) is 0.519. The molecule has 0 radical (unpaired) electrons. The van der Waals surface area contributed by atoms with Gasteiger partial charge in [-0.2, -0.15) is 0 Å². The number of nitrogens with zero attached hydrogens (tertiary/aromatic N) is 1. The Labute approximate surface area is 199 Å². The first-order chi connectivity index (χ1) is 15.4. The van der Waals surface area contributed by atoms with Crippen LogP contribution in [-0.4, -0.2) is 34.5 Å². The second kappa shape index (κ2) is 10.3. The Morgan fingerprint density at radius 2 is 1.72 bits per heavy atom. The number of aliphatic carboxylic acids is 1. The lowest BCUT2D eigenvalue weighted by molar-refractivity contribution is -0.149. The van der Waals surface area contributed by atoms with E-state index >= 15 is 0 Å². The standard InChI is InChI=1S/C26H29Cl2NO3/c27-20-11-9-18(10-12-20)25(17-5-2-1-3-6-17)26-22(19-7-4-8-21(28)15-19)13-14-23(30)29(26)16-24(31)32/h4,7-12,15,17,22,25-26H,1-3,5-6,13-14,16H2,(H,31,32)/t22-,25?,26+/m1/s1. The summed E-state index contributed by atoms with van der Waals surface area (Å²) < 4.78 is 0. The van der Waals surface area contributed by atoms with Crippen LogP contribution in [0, 0.1) is 5.92 Å². The first-order valence-corrected chi connectivity index (χ1v) is 12.2. The van der Waals surface area contributed by atoms with Crippen molar-refractivity contribution in [2.45, 2.75) is 62.8 Å². The predicted octanol–water partition coefficient (Wildman–Crippen LogP) is 6.52. The Morgan fingerprint density at radius 3 is 2.38 bits per heavy atom. The molecule has 1 amide bonds. The molecule has 2 aromatic carbocycles. The average molecular weight is 474 g/mol. The summed E-state index contributed by atoms with van der Waals surface area (Å²) in [7, 11) is 0. The molecular weight excluding hydrogens is 445 g/mol. The Morgan fingerprint density at radius 1 is 1.00 bits per heavy atom. The molecule has 4 rings (SSSR count). The number of hydrogen-bond acceptors (Lipinski definition) is 2. The molecule has 0 aromatic heterocycles. The zero-order valence-electron chi connectivity index (χ0n) is 18.1. The lowest BCUT2D eigenvalue weighted by Crippen LogP contribution is -2.53. The van der Waals surface area contributed by atoms with E-state index in [0.717, 1.165) is 36.8 Å². The van der Waals surface area contributed by atoms with Gasteiger partial charge in [-0.3, -0.25) is 9.59 Å². The molecule has 6 heteroatoms. The number of rotatable bonds is 6. The van der Waals surface area contributed by atoms with Crippen LogP contribution >= 0.6 is 23.2 Å². The summed E-state index contributed by atoms with van der Waals surface area (Å²) in [6, 6.07) is 15.5. The van der Waals surface area contributed by atoms with Crippen molar-refractivity contribution < 1.29 is 14.7 Å². The predicted molar refractivity (Wildman–Crippen MR) is 127 cm³/mol. The van der Waals surface area contributed by atoms with Crippen LogP contribution in [0.1, 0.15) is 67.9 Å². The highest BCUT2D eigenvalue weighted by Crippen LogP contribution is 2.47. The number of carboxylic acids is 1. The highest BCUT2D eigenvalue weighted by atomic mass is 35.5. The van der Waals surface area contributed by atoms with Gasteiger partial charge >= 0.3 is 5.97 Å². The third kappa shape index (κ3) is 5.13. The third-order valence-corrected chi connectivity index (χ3v) is 7.61. The molecule has 1 saturated carbocycles. The van der Waals surface area contributed by atoms with Crippen LogP contribution in [0.15, 0.2) is 48.5 Å². The maximum Gasteiger partial charge on any atom is 0.323 e. The normalized spacial score (nSPS) is 23.2. The average Bonchev–Trinajstić information content (AvgIpc) is 2.78. The maximum atomic E-state index is 13.1. The Bertz CT molecular complexity index is 956. The van der Waals surface area contributed by atoms with E-state index in [1.807, 2.05) is 30.3 Å². The summed E-state index contributed by atoms with van der Waals surface area (Å²) >= 11 is 12.5. The van der Waals surface area contributed by atoms with Gasteiger partial charge in [0.1, 0.15) is 6.54 Å². The number of amides is 1. The SMILES string of the molecule is O=C(O)CN1C(=O)CC[C@H](c2cccc(Cl)c2)[C@H]1C(c1ccc(Cl)cc1)C1CCCCC1. The number of piperidine rings is 1. The van der Waals surface area contributed by atoms with Crippen LogP contribution < -0.4 is 0 Å². The van der Waals surface area contributed by atoms with Crippen molar-refractivity contribution in [2.75, 3.05) is 6.54 Å². The Kier molecular flexibility index (Phi) is 7.42. The van der Waals surface area contributed by atoms with Crippen molar-refractivity contribution in [2.24, 2.45) is 5.92 Å². The molecule has 1 aliphatic carbocycles. The van der Waals surface area contributed by atoms with Crippen molar-refractivity contribution in [3.63, 3.8) is 0 Å². The van der Waals surface area contributed by atoms with E-state index in [1.165, 1.54) is 6.42 Å². The van der Waals surface area contributed by atoms with Crippen LogP contribution in [0.5, 0.6) is 0 Å². The van der Waals surface area contributed by atoms with Gasteiger partial charge in [0.15, 0.2) is 0 Å².